The maximum absolute atomic E-state index is 13.6. The first-order valence-corrected chi connectivity index (χ1v) is 11.7. The number of benzene rings is 3. The first kappa shape index (κ1) is 22.5. The van der Waals surface area contributed by atoms with Crippen molar-refractivity contribution in [2.24, 2.45) is 0 Å². The largest absolute Gasteiger partial charge is 0.490 e. The molecule has 2 heterocycles. The van der Waals surface area contributed by atoms with E-state index in [4.69, 9.17) is 9.47 Å². The SMILES string of the molecule is CCOc1cccc2c1Oc1c(c(=O)n(-c3ccccc3)n1CC(=O)Nc1cccc(C)c1C)C2. The van der Waals surface area contributed by atoms with Crippen LogP contribution in [0.4, 0.5) is 5.69 Å². The van der Waals surface area contributed by atoms with Crippen molar-refractivity contribution in [2.45, 2.75) is 33.7 Å². The van der Waals surface area contributed by atoms with Crippen LogP contribution in [0.1, 0.15) is 29.2 Å². The summed E-state index contributed by atoms with van der Waals surface area (Å²) >= 11 is 0. The minimum absolute atomic E-state index is 0.0982. The average molecular weight is 470 g/mol. The summed E-state index contributed by atoms with van der Waals surface area (Å²) in [5.41, 5.74) is 4.66. The zero-order valence-corrected chi connectivity index (χ0v) is 20.0. The van der Waals surface area contributed by atoms with Crippen LogP contribution in [0.15, 0.2) is 71.5 Å². The van der Waals surface area contributed by atoms with Crippen molar-refractivity contribution in [3.8, 4) is 23.1 Å². The summed E-state index contributed by atoms with van der Waals surface area (Å²) in [5.74, 6) is 1.29. The van der Waals surface area contributed by atoms with E-state index in [0.29, 0.717) is 41.7 Å². The minimum Gasteiger partial charge on any atom is -0.490 e. The molecule has 0 unspecified atom stereocenters. The van der Waals surface area contributed by atoms with Crippen molar-refractivity contribution in [2.75, 3.05) is 11.9 Å². The van der Waals surface area contributed by atoms with Crippen molar-refractivity contribution < 1.29 is 14.3 Å². The molecule has 0 saturated carbocycles. The first-order chi connectivity index (χ1) is 17.0. The van der Waals surface area contributed by atoms with Gasteiger partial charge < -0.3 is 14.8 Å². The number of nitrogens with one attached hydrogen (secondary N) is 1. The minimum atomic E-state index is -0.256. The number of carbonyl (C=O) groups is 1. The van der Waals surface area contributed by atoms with Gasteiger partial charge in [0.15, 0.2) is 11.5 Å². The number of aromatic nitrogens is 2. The lowest BCUT2D eigenvalue weighted by Crippen LogP contribution is -2.27. The maximum Gasteiger partial charge on any atom is 0.278 e. The molecule has 7 heteroatoms. The van der Waals surface area contributed by atoms with Crippen molar-refractivity contribution in [1.82, 2.24) is 9.36 Å². The summed E-state index contributed by atoms with van der Waals surface area (Å²) in [6.45, 7) is 6.27. The van der Waals surface area contributed by atoms with E-state index in [2.05, 4.69) is 5.32 Å². The van der Waals surface area contributed by atoms with Gasteiger partial charge in [0.05, 0.1) is 17.9 Å². The van der Waals surface area contributed by atoms with Gasteiger partial charge >= 0.3 is 0 Å². The van der Waals surface area contributed by atoms with E-state index in [-0.39, 0.29) is 18.0 Å². The Bertz CT molecular complexity index is 1470. The van der Waals surface area contributed by atoms with Gasteiger partial charge in [0.2, 0.25) is 11.8 Å². The number of ether oxygens (including phenoxy) is 2. The second-order valence-corrected chi connectivity index (χ2v) is 8.55. The number of nitrogens with zero attached hydrogens (tertiary/aromatic N) is 2. The molecule has 1 amide bonds. The Balaban J connectivity index is 1.59. The number of rotatable bonds is 6. The van der Waals surface area contributed by atoms with Gasteiger partial charge in [-0.15, -0.1) is 0 Å². The molecule has 0 fully saturated rings. The molecule has 7 nitrogen and oxygen atoms in total. The number of anilines is 1. The van der Waals surface area contributed by atoms with Crippen molar-refractivity contribution >= 4 is 11.6 Å². The maximum atomic E-state index is 13.6. The molecular formula is C28H27N3O4. The monoisotopic (exact) mass is 469 g/mol. The molecule has 0 atom stereocenters. The highest BCUT2D eigenvalue weighted by Crippen LogP contribution is 2.42. The summed E-state index contributed by atoms with van der Waals surface area (Å²) in [4.78, 5) is 26.8. The third-order valence-electron chi connectivity index (χ3n) is 6.28. The van der Waals surface area contributed by atoms with E-state index in [0.717, 1.165) is 22.4 Å². The normalized spacial score (nSPS) is 11.9. The lowest BCUT2D eigenvalue weighted by molar-refractivity contribution is -0.117. The standard InChI is InChI=1S/C28H27N3O4/c1-4-34-24-15-9-11-20-16-22-27(33)31(21-12-6-5-7-13-21)30(28(22)35-26(20)24)17-25(32)29-23-14-8-10-18(2)19(23)3/h5-15H,4,16-17H2,1-3H3,(H,29,32). The van der Waals surface area contributed by atoms with Gasteiger partial charge in [0, 0.05) is 17.7 Å². The summed E-state index contributed by atoms with van der Waals surface area (Å²) in [6, 6.07) is 20.7. The molecule has 0 spiro atoms. The van der Waals surface area contributed by atoms with Crippen LogP contribution in [0, 0.1) is 13.8 Å². The Morgan fingerprint density at radius 1 is 1.03 bits per heavy atom. The highest BCUT2D eigenvalue weighted by Gasteiger charge is 2.30. The van der Waals surface area contributed by atoms with Crippen LogP contribution < -0.4 is 20.3 Å². The number of aryl methyl sites for hydroxylation is 1. The van der Waals surface area contributed by atoms with Crippen LogP contribution in [0.3, 0.4) is 0 Å². The van der Waals surface area contributed by atoms with Crippen LogP contribution >= 0.6 is 0 Å². The van der Waals surface area contributed by atoms with Crippen molar-refractivity contribution in [3.05, 3.63) is 99.3 Å². The van der Waals surface area contributed by atoms with E-state index in [1.54, 1.807) is 4.68 Å². The summed E-state index contributed by atoms with van der Waals surface area (Å²) in [5, 5.41) is 2.99. The molecular weight excluding hydrogens is 442 g/mol. The predicted molar refractivity (Wildman–Crippen MR) is 135 cm³/mol. The molecule has 1 aromatic heterocycles. The van der Waals surface area contributed by atoms with Crippen LogP contribution in [-0.2, 0) is 17.8 Å². The second-order valence-electron chi connectivity index (χ2n) is 8.55. The van der Waals surface area contributed by atoms with Crippen LogP contribution in [0.2, 0.25) is 0 Å². The lowest BCUT2D eigenvalue weighted by Gasteiger charge is -2.21. The molecule has 0 aliphatic carbocycles. The smallest absolute Gasteiger partial charge is 0.278 e. The molecule has 1 aliphatic heterocycles. The van der Waals surface area contributed by atoms with Crippen LogP contribution in [-0.4, -0.2) is 21.9 Å². The van der Waals surface area contributed by atoms with Crippen LogP contribution in [0.25, 0.3) is 5.69 Å². The van der Waals surface area contributed by atoms with Gasteiger partial charge in [0.25, 0.3) is 5.56 Å². The number of para-hydroxylation sites is 2. The third-order valence-corrected chi connectivity index (χ3v) is 6.28. The Kier molecular flexibility index (Phi) is 5.91. The summed E-state index contributed by atoms with van der Waals surface area (Å²) in [7, 11) is 0. The second kappa shape index (κ2) is 9.18. The van der Waals surface area contributed by atoms with E-state index in [9.17, 15) is 9.59 Å². The molecule has 3 aromatic carbocycles. The number of amides is 1. The molecule has 0 bridgehead atoms. The van der Waals surface area contributed by atoms with Crippen LogP contribution in [0.5, 0.6) is 17.4 Å². The Hall–Kier alpha value is -4.26. The molecule has 1 N–H and O–H groups in total. The van der Waals surface area contributed by atoms with E-state index in [1.807, 2.05) is 87.5 Å². The summed E-state index contributed by atoms with van der Waals surface area (Å²) in [6.07, 6.45) is 0.392. The van der Waals surface area contributed by atoms with Crippen molar-refractivity contribution in [3.63, 3.8) is 0 Å². The quantitative estimate of drug-likeness (QED) is 0.380. The highest BCUT2D eigenvalue weighted by atomic mass is 16.5. The van der Waals surface area contributed by atoms with Crippen molar-refractivity contribution in [1.29, 1.82) is 0 Å². The molecule has 4 aromatic rings. The number of fused-ring (bicyclic) bond motifs is 2. The Morgan fingerprint density at radius 3 is 2.57 bits per heavy atom. The van der Waals surface area contributed by atoms with E-state index >= 15 is 0 Å². The van der Waals surface area contributed by atoms with Gasteiger partial charge in [-0.2, -0.15) is 0 Å². The number of hydrogen-bond acceptors (Lipinski definition) is 4. The van der Waals surface area contributed by atoms with Gasteiger partial charge in [-0.3, -0.25) is 9.59 Å². The number of carbonyl (C=O) groups excluding carboxylic acids is 1. The van der Waals surface area contributed by atoms with Gasteiger partial charge in [-0.1, -0.05) is 42.5 Å². The lowest BCUT2D eigenvalue weighted by atomic mass is 10.0. The first-order valence-electron chi connectivity index (χ1n) is 11.7. The average Bonchev–Trinajstić information content (AvgIpc) is 3.12. The van der Waals surface area contributed by atoms with Gasteiger partial charge in [0.1, 0.15) is 6.54 Å². The number of hydrogen-bond donors (Lipinski definition) is 1. The third kappa shape index (κ3) is 4.10. The molecule has 0 radical (unpaired) electrons. The highest BCUT2D eigenvalue weighted by molar-refractivity contribution is 5.91. The molecule has 1 aliphatic rings. The fourth-order valence-corrected chi connectivity index (χ4v) is 4.39. The van der Waals surface area contributed by atoms with E-state index in [1.165, 1.54) is 4.68 Å². The fourth-order valence-electron chi connectivity index (χ4n) is 4.39. The zero-order valence-electron chi connectivity index (χ0n) is 20.0. The van der Waals surface area contributed by atoms with Gasteiger partial charge in [-0.25, -0.2) is 9.36 Å². The molecule has 0 saturated heterocycles. The molecule has 35 heavy (non-hydrogen) atoms. The topological polar surface area (TPSA) is 74.5 Å². The molecule has 178 valence electrons. The Labute approximate surface area is 203 Å². The fraction of sp³-hybridized carbons (Fsp3) is 0.214. The summed E-state index contributed by atoms with van der Waals surface area (Å²) < 4.78 is 15.2. The zero-order chi connectivity index (χ0) is 24.5. The van der Waals surface area contributed by atoms with E-state index < -0.39 is 0 Å². The molecule has 5 rings (SSSR count). The Morgan fingerprint density at radius 2 is 1.80 bits per heavy atom. The van der Waals surface area contributed by atoms with Gasteiger partial charge in [-0.05, 0) is 56.2 Å². The predicted octanol–water partition coefficient (Wildman–Crippen LogP) is 4.99.